The molecule has 0 spiro atoms. The minimum atomic E-state index is -2.96. The summed E-state index contributed by atoms with van der Waals surface area (Å²) in [6.45, 7) is 4.77. The van der Waals surface area contributed by atoms with Gasteiger partial charge in [-0.05, 0) is 50.8 Å². The molecule has 2 saturated heterocycles. The smallest absolute Gasteiger partial charge is 0.237 e. The van der Waals surface area contributed by atoms with E-state index in [9.17, 15) is 13.2 Å². The minimum Gasteiger partial charge on any atom is -0.338 e. The van der Waals surface area contributed by atoms with Crippen LogP contribution in [-0.4, -0.2) is 67.9 Å². The van der Waals surface area contributed by atoms with E-state index in [1.807, 2.05) is 13.0 Å². The van der Waals surface area contributed by atoms with Gasteiger partial charge in [0.1, 0.15) is 0 Å². The first-order valence-electron chi connectivity index (χ1n) is 9.25. The van der Waals surface area contributed by atoms with E-state index in [2.05, 4.69) is 29.2 Å². The number of carbonyl (C=O) groups excluding carboxylic acids is 1. The van der Waals surface area contributed by atoms with Crippen molar-refractivity contribution in [3.05, 3.63) is 35.9 Å². The maximum atomic E-state index is 12.7. The first-order chi connectivity index (χ1) is 12.0. The Balaban J connectivity index is 1.52. The van der Waals surface area contributed by atoms with Crippen LogP contribution in [0.3, 0.4) is 0 Å². The molecule has 0 radical (unpaired) electrons. The van der Waals surface area contributed by atoms with Gasteiger partial charge in [0.15, 0.2) is 9.84 Å². The number of nitrogens with zero attached hydrogens (tertiary/aromatic N) is 2. The molecule has 1 aromatic carbocycles. The molecule has 0 bridgehead atoms. The van der Waals surface area contributed by atoms with Crippen molar-refractivity contribution in [3.8, 4) is 0 Å². The van der Waals surface area contributed by atoms with Gasteiger partial charge in [0, 0.05) is 12.6 Å². The molecular weight excluding hydrogens is 336 g/mol. The van der Waals surface area contributed by atoms with E-state index in [1.54, 1.807) is 4.90 Å². The highest BCUT2D eigenvalue weighted by atomic mass is 32.2. The average molecular weight is 365 g/mol. The van der Waals surface area contributed by atoms with Crippen LogP contribution < -0.4 is 0 Å². The minimum absolute atomic E-state index is 0.0720. The Hall–Kier alpha value is -1.40. The maximum absolute atomic E-state index is 12.7. The molecule has 0 N–H and O–H groups in total. The van der Waals surface area contributed by atoms with Gasteiger partial charge in [-0.3, -0.25) is 9.69 Å². The van der Waals surface area contributed by atoms with Gasteiger partial charge in [-0.15, -0.1) is 0 Å². The SMILES string of the molecule is CCN(C(=O)CN1CCC(c2ccccc2)CC1)C1CCS(=O)(=O)C1. The zero-order chi connectivity index (χ0) is 17.9. The molecule has 3 rings (SSSR count). The van der Waals surface area contributed by atoms with Crippen LogP contribution in [-0.2, 0) is 14.6 Å². The second-order valence-corrected chi connectivity index (χ2v) is 9.43. The summed E-state index contributed by atoms with van der Waals surface area (Å²) < 4.78 is 23.4. The quantitative estimate of drug-likeness (QED) is 0.801. The fourth-order valence-electron chi connectivity index (χ4n) is 4.09. The molecule has 138 valence electrons. The average Bonchev–Trinajstić information content (AvgIpc) is 2.96. The normalized spacial score (nSPS) is 24.3. The van der Waals surface area contributed by atoms with E-state index in [4.69, 9.17) is 0 Å². The maximum Gasteiger partial charge on any atom is 0.237 e. The molecule has 6 heteroatoms. The number of benzene rings is 1. The summed E-state index contributed by atoms with van der Waals surface area (Å²) in [7, 11) is -2.96. The molecule has 1 aromatic rings. The summed E-state index contributed by atoms with van der Waals surface area (Å²) >= 11 is 0. The lowest BCUT2D eigenvalue weighted by atomic mass is 9.89. The molecule has 5 nitrogen and oxygen atoms in total. The molecule has 1 amide bonds. The fraction of sp³-hybridized carbons (Fsp3) is 0.632. The number of hydrogen-bond acceptors (Lipinski definition) is 4. The highest BCUT2D eigenvalue weighted by Crippen LogP contribution is 2.27. The Labute approximate surface area is 150 Å². The highest BCUT2D eigenvalue weighted by Gasteiger charge is 2.34. The zero-order valence-electron chi connectivity index (χ0n) is 14.9. The fourth-order valence-corrected chi connectivity index (χ4v) is 5.82. The summed E-state index contributed by atoms with van der Waals surface area (Å²) in [5, 5.41) is 0. The van der Waals surface area contributed by atoms with E-state index in [0.717, 1.165) is 25.9 Å². The molecule has 2 aliphatic heterocycles. The number of likely N-dealkylation sites (tertiary alicyclic amines) is 1. The first-order valence-corrected chi connectivity index (χ1v) is 11.1. The van der Waals surface area contributed by atoms with Crippen molar-refractivity contribution in [3.63, 3.8) is 0 Å². The van der Waals surface area contributed by atoms with E-state index >= 15 is 0 Å². The number of carbonyl (C=O) groups is 1. The van der Waals surface area contributed by atoms with Gasteiger partial charge in [0.25, 0.3) is 0 Å². The van der Waals surface area contributed by atoms with Crippen molar-refractivity contribution in [1.82, 2.24) is 9.80 Å². The summed E-state index contributed by atoms with van der Waals surface area (Å²) in [6, 6.07) is 10.4. The van der Waals surface area contributed by atoms with Crippen molar-refractivity contribution >= 4 is 15.7 Å². The van der Waals surface area contributed by atoms with E-state index in [0.29, 0.717) is 25.4 Å². The third-order valence-corrected chi connectivity index (χ3v) is 7.28. The van der Waals surface area contributed by atoms with Crippen LogP contribution in [0.4, 0.5) is 0 Å². The number of sulfone groups is 1. The largest absolute Gasteiger partial charge is 0.338 e. The third kappa shape index (κ3) is 4.61. The van der Waals surface area contributed by atoms with Gasteiger partial charge in [0.05, 0.1) is 18.1 Å². The molecule has 2 aliphatic rings. The predicted octanol–water partition coefficient (Wildman–Crippen LogP) is 1.90. The van der Waals surface area contributed by atoms with Crippen molar-refractivity contribution in [2.45, 2.75) is 38.1 Å². The monoisotopic (exact) mass is 364 g/mol. The van der Waals surface area contributed by atoms with Crippen molar-refractivity contribution in [1.29, 1.82) is 0 Å². The Morgan fingerprint density at radius 1 is 1.16 bits per heavy atom. The van der Waals surface area contributed by atoms with Crippen molar-refractivity contribution in [2.75, 3.05) is 37.7 Å². The Bertz CT molecular complexity index is 682. The predicted molar refractivity (Wildman–Crippen MR) is 99.3 cm³/mol. The molecule has 25 heavy (non-hydrogen) atoms. The van der Waals surface area contributed by atoms with Gasteiger partial charge in [-0.25, -0.2) is 8.42 Å². The topological polar surface area (TPSA) is 57.7 Å². The molecule has 0 aliphatic carbocycles. The van der Waals surface area contributed by atoms with E-state index < -0.39 is 9.84 Å². The third-order valence-electron chi connectivity index (χ3n) is 5.53. The van der Waals surface area contributed by atoms with Crippen LogP contribution >= 0.6 is 0 Å². The summed E-state index contributed by atoms with van der Waals surface area (Å²) in [4.78, 5) is 16.7. The Morgan fingerprint density at radius 3 is 2.40 bits per heavy atom. The summed E-state index contributed by atoms with van der Waals surface area (Å²) in [5.74, 6) is 0.990. The number of rotatable bonds is 5. The summed E-state index contributed by atoms with van der Waals surface area (Å²) in [5.41, 5.74) is 1.39. The van der Waals surface area contributed by atoms with Crippen LogP contribution in [0.2, 0.25) is 0 Å². The Morgan fingerprint density at radius 2 is 1.84 bits per heavy atom. The van der Waals surface area contributed by atoms with Crippen molar-refractivity contribution in [2.24, 2.45) is 0 Å². The Kier molecular flexibility index (Phi) is 5.79. The molecule has 0 aromatic heterocycles. The van der Waals surface area contributed by atoms with E-state index in [-0.39, 0.29) is 23.5 Å². The molecule has 2 heterocycles. The second kappa shape index (κ2) is 7.87. The van der Waals surface area contributed by atoms with Gasteiger partial charge < -0.3 is 4.90 Å². The van der Waals surface area contributed by atoms with E-state index in [1.165, 1.54) is 5.56 Å². The lowest BCUT2D eigenvalue weighted by Crippen LogP contribution is -2.47. The molecule has 1 unspecified atom stereocenters. The van der Waals surface area contributed by atoms with Gasteiger partial charge in [-0.1, -0.05) is 30.3 Å². The van der Waals surface area contributed by atoms with Crippen molar-refractivity contribution < 1.29 is 13.2 Å². The van der Waals surface area contributed by atoms with Gasteiger partial charge in [-0.2, -0.15) is 0 Å². The second-order valence-electron chi connectivity index (χ2n) is 7.20. The van der Waals surface area contributed by atoms with Crippen LogP contribution in [0.25, 0.3) is 0 Å². The highest BCUT2D eigenvalue weighted by molar-refractivity contribution is 7.91. The van der Waals surface area contributed by atoms with Crippen LogP contribution in [0.5, 0.6) is 0 Å². The number of amides is 1. The van der Waals surface area contributed by atoms with Crippen LogP contribution in [0.15, 0.2) is 30.3 Å². The number of hydrogen-bond donors (Lipinski definition) is 0. The molecule has 0 saturated carbocycles. The van der Waals surface area contributed by atoms with Crippen LogP contribution in [0.1, 0.15) is 37.7 Å². The van der Waals surface area contributed by atoms with Gasteiger partial charge in [0.2, 0.25) is 5.91 Å². The number of likely N-dealkylation sites (N-methyl/N-ethyl adjacent to an activating group) is 1. The molecule has 1 atom stereocenters. The standard InChI is InChI=1S/C19H28N2O3S/c1-2-21(18-10-13-25(23,24)15-18)19(22)14-20-11-8-17(9-12-20)16-6-4-3-5-7-16/h3-7,17-18H,2,8-15H2,1H3. The zero-order valence-corrected chi connectivity index (χ0v) is 15.7. The number of piperidine rings is 1. The molecular formula is C19H28N2O3S. The first kappa shape index (κ1) is 18.4. The van der Waals surface area contributed by atoms with Gasteiger partial charge >= 0.3 is 0 Å². The lowest BCUT2D eigenvalue weighted by Gasteiger charge is -2.34. The lowest BCUT2D eigenvalue weighted by molar-refractivity contribution is -0.134. The molecule has 2 fully saturated rings. The van der Waals surface area contributed by atoms with Crippen LogP contribution in [0, 0.1) is 0 Å². The summed E-state index contributed by atoms with van der Waals surface area (Å²) in [6.07, 6.45) is 2.72.